The highest BCUT2D eigenvalue weighted by molar-refractivity contribution is 5.80. The maximum Gasteiger partial charge on any atom is 0.0991 e. The summed E-state index contributed by atoms with van der Waals surface area (Å²) in [5, 5.41) is 13.4. The van der Waals surface area contributed by atoms with Gasteiger partial charge in [0.15, 0.2) is 0 Å². The monoisotopic (exact) mass is 275 g/mol. The first-order valence-electron chi connectivity index (χ1n) is 7.02. The van der Waals surface area contributed by atoms with Crippen molar-refractivity contribution in [2.75, 3.05) is 7.05 Å². The molecule has 2 aromatic carbocycles. The van der Waals surface area contributed by atoms with Crippen molar-refractivity contribution in [2.45, 2.75) is 13.0 Å². The lowest BCUT2D eigenvalue weighted by atomic mass is 9.97. The van der Waals surface area contributed by atoms with Crippen LogP contribution < -0.4 is 5.32 Å². The van der Waals surface area contributed by atoms with E-state index in [9.17, 15) is 0 Å². The van der Waals surface area contributed by atoms with Crippen molar-refractivity contribution in [3.63, 3.8) is 0 Å². The number of rotatable bonds is 4. The Morgan fingerprint density at radius 1 is 1.10 bits per heavy atom. The first kappa shape index (κ1) is 13.4. The van der Waals surface area contributed by atoms with E-state index in [1.54, 1.807) is 0 Å². The minimum atomic E-state index is 0.713. The number of aromatic nitrogens is 1. The van der Waals surface area contributed by atoms with Gasteiger partial charge in [-0.1, -0.05) is 12.1 Å². The molecule has 1 aromatic heterocycles. The molecule has 0 spiro atoms. The van der Waals surface area contributed by atoms with Gasteiger partial charge in [0.25, 0.3) is 0 Å². The van der Waals surface area contributed by atoms with E-state index in [0.717, 1.165) is 18.5 Å². The summed E-state index contributed by atoms with van der Waals surface area (Å²) in [6, 6.07) is 16.7. The third kappa shape index (κ3) is 2.81. The summed E-state index contributed by atoms with van der Waals surface area (Å²) >= 11 is 0. The molecule has 0 amide bonds. The lowest BCUT2D eigenvalue weighted by Gasteiger charge is -2.10. The Hall–Kier alpha value is -2.57. The van der Waals surface area contributed by atoms with Crippen molar-refractivity contribution in [3.8, 4) is 6.07 Å². The zero-order chi connectivity index (χ0) is 14.7. The van der Waals surface area contributed by atoms with Gasteiger partial charge < -0.3 is 10.3 Å². The molecule has 21 heavy (non-hydrogen) atoms. The Balaban J connectivity index is 1.94. The van der Waals surface area contributed by atoms with Gasteiger partial charge in [0, 0.05) is 18.3 Å². The van der Waals surface area contributed by atoms with Crippen LogP contribution in [-0.2, 0) is 13.0 Å². The Morgan fingerprint density at radius 2 is 2.00 bits per heavy atom. The summed E-state index contributed by atoms with van der Waals surface area (Å²) in [4.78, 5) is 3.21. The highest BCUT2D eigenvalue weighted by Crippen LogP contribution is 2.20. The molecule has 0 saturated heterocycles. The lowest BCUT2D eigenvalue weighted by molar-refractivity contribution is 0.807. The zero-order valence-corrected chi connectivity index (χ0v) is 12.0. The van der Waals surface area contributed by atoms with Crippen molar-refractivity contribution >= 4 is 10.9 Å². The van der Waals surface area contributed by atoms with Crippen LogP contribution in [0, 0.1) is 11.3 Å². The van der Waals surface area contributed by atoms with Gasteiger partial charge in [0.2, 0.25) is 0 Å². The first-order valence-corrected chi connectivity index (χ1v) is 7.02. The number of nitriles is 1. The molecule has 104 valence electrons. The van der Waals surface area contributed by atoms with Crippen LogP contribution in [0.5, 0.6) is 0 Å². The number of fused-ring (bicyclic) bond motifs is 1. The predicted molar refractivity (Wildman–Crippen MR) is 85.0 cm³/mol. The molecule has 2 N–H and O–H groups in total. The van der Waals surface area contributed by atoms with Crippen LogP contribution in [0.2, 0.25) is 0 Å². The SMILES string of the molecule is CNCc1cc(C#N)ccc1Cc1ccc2[nH]ccc2c1. The van der Waals surface area contributed by atoms with E-state index in [-0.39, 0.29) is 0 Å². The Bertz CT molecular complexity index is 809. The number of H-pyrrole nitrogens is 1. The Labute approximate surface area is 124 Å². The Kier molecular flexibility index (Phi) is 3.72. The fraction of sp³-hybridized carbons (Fsp3) is 0.167. The highest BCUT2D eigenvalue weighted by atomic mass is 14.8. The maximum atomic E-state index is 9.03. The van der Waals surface area contributed by atoms with E-state index >= 15 is 0 Å². The number of hydrogen-bond acceptors (Lipinski definition) is 2. The molecule has 0 atom stereocenters. The van der Waals surface area contributed by atoms with Gasteiger partial charge >= 0.3 is 0 Å². The molecule has 0 aliphatic rings. The van der Waals surface area contributed by atoms with Crippen LogP contribution in [0.25, 0.3) is 10.9 Å². The standard InChI is InChI=1S/C18H17N3/c1-20-12-17-10-14(11-19)2-4-15(17)8-13-3-5-18-16(9-13)6-7-21-18/h2-7,9-10,20-21H,8,12H2,1H3. The number of nitrogens with one attached hydrogen (secondary N) is 2. The molecular formula is C18H17N3. The van der Waals surface area contributed by atoms with Gasteiger partial charge in [0.05, 0.1) is 11.6 Å². The third-order valence-electron chi connectivity index (χ3n) is 3.71. The molecule has 3 nitrogen and oxygen atoms in total. The van der Waals surface area contributed by atoms with E-state index in [1.807, 2.05) is 25.4 Å². The molecule has 3 rings (SSSR count). The molecule has 0 aliphatic heterocycles. The van der Waals surface area contributed by atoms with Gasteiger partial charge in [-0.05, 0) is 65.9 Å². The van der Waals surface area contributed by atoms with Crippen molar-refractivity contribution in [1.29, 1.82) is 5.26 Å². The van der Waals surface area contributed by atoms with Crippen LogP contribution in [-0.4, -0.2) is 12.0 Å². The van der Waals surface area contributed by atoms with Crippen LogP contribution in [0.1, 0.15) is 22.3 Å². The maximum absolute atomic E-state index is 9.03. The third-order valence-corrected chi connectivity index (χ3v) is 3.71. The van der Waals surface area contributed by atoms with E-state index in [2.05, 4.69) is 46.7 Å². The molecule has 0 aliphatic carbocycles. The summed E-state index contributed by atoms with van der Waals surface area (Å²) in [5.74, 6) is 0. The average Bonchev–Trinajstić information content (AvgIpc) is 2.97. The van der Waals surface area contributed by atoms with Gasteiger partial charge in [-0.3, -0.25) is 0 Å². The van der Waals surface area contributed by atoms with E-state index < -0.39 is 0 Å². The largest absolute Gasteiger partial charge is 0.361 e. The minimum Gasteiger partial charge on any atom is -0.361 e. The summed E-state index contributed by atoms with van der Waals surface area (Å²) in [7, 11) is 1.93. The molecule has 0 radical (unpaired) electrons. The molecule has 0 bridgehead atoms. The topological polar surface area (TPSA) is 51.6 Å². The number of benzene rings is 2. The summed E-state index contributed by atoms with van der Waals surface area (Å²) < 4.78 is 0. The number of nitrogens with zero attached hydrogens (tertiary/aromatic N) is 1. The summed E-state index contributed by atoms with van der Waals surface area (Å²) in [5.41, 5.74) is 5.60. The van der Waals surface area contributed by atoms with Crippen LogP contribution >= 0.6 is 0 Å². The van der Waals surface area contributed by atoms with E-state index in [1.165, 1.54) is 22.1 Å². The smallest absolute Gasteiger partial charge is 0.0991 e. The van der Waals surface area contributed by atoms with Gasteiger partial charge in [-0.25, -0.2) is 0 Å². The quantitative estimate of drug-likeness (QED) is 0.767. The van der Waals surface area contributed by atoms with Crippen LogP contribution in [0.15, 0.2) is 48.7 Å². The molecule has 3 heteroatoms. The highest BCUT2D eigenvalue weighted by Gasteiger charge is 2.06. The molecular weight excluding hydrogens is 258 g/mol. The average molecular weight is 275 g/mol. The van der Waals surface area contributed by atoms with Crippen molar-refractivity contribution in [1.82, 2.24) is 10.3 Å². The molecule has 0 saturated carbocycles. The lowest BCUT2D eigenvalue weighted by Crippen LogP contribution is -2.08. The number of aromatic amines is 1. The summed E-state index contributed by atoms with van der Waals surface area (Å²) in [6.07, 6.45) is 2.84. The second-order valence-corrected chi connectivity index (χ2v) is 5.20. The van der Waals surface area contributed by atoms with Crippen molar-refractivity contribution in [2.24, 2.45) is 0 Å². The first-order chi connectivity index (χ1) is 10.3. The van der Waals surface area contributed by atoms with Gasteiger partial charge in [-0.2, -0.15) is 5.26 Å². The van der Waals surface area contributed by atoms with Gasteiger partial charge in [0.1, 0.15) is 0 Å². The van der Waals surface area contributed by atoms with Crippen molar-refractivity contribution < 1.29 is 0 Å². The zero-order valence-electron chi connectivity index (χ0n) is 12.0. The van der Waals surface area contributed by atoms with E-state index in [4.69, 9.17) is 5.26 Å². The summed E-state index contributed by atoms with van der Waals surface area (Å²) in [6.45, 7) is 0.775. The number of hydrogen-bond donors (Lipinski definition) is 2. The van der Waals surface area contributed by atoms with Crippen LogP contribution in [0.3, 0.4) is 0 Å². The fourth-order valence-electron chi connectivity index (χ4n) is 2.66. The van der Waals surface area contributed by atoms with Crippen LogP contribution in [0.4, 0.5) is 0 Å². The molecule has 0 fully saturated rings. The molecule has 3 aromatic rings. The Morgan fingerprint density at radius 3 is 2.81 bits per heavy atom. The predicted octanol–water partition coefficient (Wildman–Crippen LogP) is 3.35. The van der Waals surface area contributed by atoms with Gasteiger partial charge in [-0.15, -0.1) is 0 Å². The second kappa shape index (κ2) is 5.82. The molecule has 1 heterocycles. The second-order valence-electron chi connectivity index (χ2n) is 5.20. The van der Waals surface area contributed by atoms with E-state index in [0.29, 0.717) is 5.56 Å². The fourth-order valence-corrected chi connectivity index (χ4v) is 2.66. The van der Waals surface area contributed by atoms with Crippen molar-refractivity contribution in [3.05, 3.63) is 70.9 Å². The normalized spacial score (nSPS) is 10.7. The molecule has 0 unspecified atom stereocenters. The minimum absolute atomic E-state index is 0.713.